The molecule has 1 saturated heterocycles. The van der Waals surface area contributed by atoms with Crippen LogP contribution < -0.4 is 0 Å². The number of aryl methyl sites for hydroxylation is 2. The van der Waals surface area contributed by atoms with Crippen molar-refractivity contribution in [2.45, 2.75) is 65.1 Å². The lowest BCUT2D eigenvalue weighted by Crippen LogP contribution is -2.41. The van der Waals surface area contributed by atoms with Crippen molar-refractivity contribution in [3.63, 3.8) is 0 Å². The van der Waals surface area contributed by atoms with Crippen LogP contribution in [-0.4, -0.2) is 44.8 Å². The van der Waals surface area contributed by atoms with E-state index in [1.807, 2.05) is 34.6 Å². The number of hydrogen-bond donors (Lipinski definition) is 1. The summed E-state index contributed by atoms with van der Waals surface area (Å²) in [5.74, 6) is 0.880. The monoisotopic (exact) mass is 347 g/mol. The van der Waals surface area contributed by atoms with Gasteiger partial charge in [-0.2, -0.15) is 0 Å². The Hall–Kier alpha value is -1.95. The van der Waals surface area contributed by atoms with E-state index in [0.29, 0.717) is 18.9 Å². The summed E-state index contributed by atoms with van der Waals surface area (Å²) in [6, 6.07) is 0. The van der Waals surface area contributed by atoms with Gasteiger partial charge in [-0.1, -0.05) is 6.08 Å². The molecule has 138 valence electrons. The summed E-state index contributed by atoms with van der Waals surface area (Å²) in [4.78, 5) is 22.9. The number of ether oxygens (including phenoxy) is 1. The Morgan fingerprint density at radius 2 is 1.92 bits per heavy atom. The first-order valence-electron chi connectivity index (χ1n) is 8.76. The molecule has 1 N–H and O–H groups in total. The Morgan fingerprint density at radius 1 is 1.32 bits per heavy atom. The highest BCUT2D eigenvalue weighted by Crippen LogP contribution is 2.33. The second-order valence-corrected chi connectivity index (χ2v) is 7.58. The average molecular weight is 347 g/mol. The zero-order valence-electron chi connectivity index (χ0n) is 15.9. The lowest BCUT2D eigenvalue weighted by atomic mass is 9.88. The molecule has 1 unspecified atom stereocenters. The van der Waals surface area contributed by atoms with Crippen molar-refractivity contribution >= 4 is 6.09 Å². The highest BCUT2D eigenvalue weighted by Gasteiger charge is 2.30. The van der Waals surface area contributed by atoms with Crippen LogP contribution in [0.5, 0.6) is 0 Å². The van der Waals surface area contributed by atoms with Crippen LogP contribution in [0.25, 0.3) is 0 Å². The third-order valence-electron chi connectivity index (χ3n) is 4.33. The summed E-state index contributed by atoms with van der Waals surface area (Å²) < 4.78 is 5.44. The summed E-state index contributed by atoms with van der Waals surface area (Å²) in [5, 5.41) is 10.3. The zero-order chi connectivity index (χ0) is 18.8. The van der Waals surface area contributed by atoms with Crippen molar-refractivity contribution in [2.75, 3.05) is 13.1 Å². The van der Waals surface area contributed by atoms with Gasteiger partial charge >= 0.3 is 6.09 Å². The number of aliphatic hydroxyl groups is 1. The molecule has 6 nitrogen and oxygen atoms in total. The number of piperidine rings is 1. The fraction of sp³-hybridized carbons (Fsp3) is 0.632. The third kappa shape index (κ3) is 4.78. The van der Waals surface area contributed by atoms with Gasteiger partial charge in [-0.15, -0.1) is 6.58 Å². The Kier molecular flexibility index (Phi) is 5.83. The summed E-state index contributed by atoms with van der Waals surface area (Å²) in [7, 11) is 0. The second kappa shape index (κ2) is 7.52. The summed E-state index contributed by atoms with van der Waals surface area (Å²) in [6.45, 7) is 14.3. The van der Waals surface area contributed by atoms with Crippen molar-refractivity contribution in [3.8, 4) is 0 Å². The lowest BCUT2D eigenvalue weighted by molar-refractivity contribution is 0.0203. The summed E-state index contributed by atoms with van der Waals surface area (Å²) in [6.07, 6.45) is 2.02. The van der Waals surface area contributed by atoms with Gasteiger partial charge in [0.25, 0.3) is 0 Å². The predicted octanol–water partition coefficient (Wildman–Crippen LogP) is 3.43. The van der Waals surface area contributed by atoms with Crippen LogP contribution >= 0.6 is 0 Å². The summed E-state index contributed by atoms with van der Waals surface area (Å²) in [5.41, 5.74) is 1.91. The highest BCUT2D eigenvalue weighted by molar-refractivity contribution is 5.68. The normalized spacial score (nSPS) is 17.3. The van der Waals surface area contributed by atoms with Crippen LogP contribution in [0.2, 0.25) is 0 Å². The molecule has 1 atom stereocenters. The molecule has 0 aromatic carbocycles. The maximum Gasteiger partial charge on any atom is 0.410 e. The average Bonchev–Trinajstić information content (AvgIpc) is 2.52. The molecule has 0 saturated carbocycles. The van der Waals surface area contributed by atoms with Crippen LogP contribution in [0.1, 0.15) is 68.4 Å². The van der Waals surface area contributed by atoms with Crippen molar-refractivity contribution in [3.05, 3.63) is 35.4 Å². The van der Waals surface area contributed by atoms with Gasteiger partial charge in [-0.3, -0.25) is 0 Å². The second-order valence-electron chi connectivity index (χ2n) is 7.58. The molecule has 0 bridgehead atoms. The minimum atomic E-state index is -0.778. The molecule has 2 rings (SSSR count). The van der Waals surface area contributed by atoms with Gasteiger partial charge in [0, 0.05) is 30.3 Å². The first kappa shape index (κ1) is 19.4. The van der Waals surface area contributed by atoms with E-state index >= 15 is 0 Å². The Bertz CT molecular complexity index is 644. The van der Waals surface area contributed by atoms with Crippen LogP contribution in [0.15, 0.2) is 12.7 Å². The topological polar surface area (TPSA) is 75.6 Å². The van der Waals surface area contributed by atoms with Gasteiger partial charge in [-0.05, 0) is 47.5 Å². The maximum absolute atomic E-state index is 12.2. The van der Waals surface area contributed by atoms with E-state index in [1.165, 1.54) is 6.08 Å². The van der Waals surface area contributed by atoms with Gasteiger partial charge in [0.2, 0.25) is 0 Å². The standard InChI is InChI=1S/C19H29N3O3/c1-7-15(23)16-12(2)20-13(3)21-17(16)14-8-10-22(11-9-14)18(24)25-19(4,5)6/h7,14-15,23H,1,8-11H2,2-6H3. The third-order valence-corrected chi connectivity index (χ3v) is 4.33. The van der Waals surface area contributed by atoms with Gasteiger partial charge < -0.3 is 14.7 Å². The first-order chi connectivity index (χ1) is 11.6. The smallest absolute Gasteiger partial charge is 0.410 e. The molecular weight excluding hydrogens is 318 g/mol. The molecule has 25 heavy (non-hydrogen) atoms. The van der Waals surface area contributed by atoms with E-state index in [-0.39, 0.29) is 12.0 Å². The van der Waals surface area contributed by atoms with Crippen molar-refractivity contribution in [2.24, 2.45) is 0 Å². The van der Waals surface area contributed by atoms with Gasteiger partial charge in [0.15, 0.2) is 0 Å². The Morgan fingerprint density at radius 3 is 2.44 bits per heavy atom. The van der Waals surface area contributed by atoms with E-state index in [1.54, 1.807) is 4.90 Å². The molecule has 1 aromatic heterocycles. The number of carbonyl (C=O) groups excluding carboxylic acids is 1. The molecule has 0 aliphatic carbocycles. The molecule has 0 spiro atoms. The number of aromatic nitrogens is 2. The van der Waals surface area contributed by atoms with Crippen molar-refractivity contribution in [1.82, 2.24) is 14.9 Å². The zero-order valence-corrected chi connectivity index (χ0v) is 15.9. The van der Waals surface area contributed by atoms with Gasteiger partial charge in [-0.25, -0.2) is 14.8 Å². The summed E-state index contributed by atoms with van der Waals surface area (Å²) >= 11 is 0. The van der Waals surface area contributed by atoms with Crippen LogP contribution in [-0.2, 0) is 4.74 Å². The van der Waals surface area contributed by atoms with E-state index in [4.69, 9.17) is 4.74 Å². The number of hydrogen-bond acceptors (Lipinski definition) is 5. The molecule has 1 aliphatic heterocycles. The maximum atomic E-state index is 12.2. The quantitative estimate of drug-likeness (QED) is 0.848. The SMILES string of the molecule is C=CC(O)c1c(C)nc(C)nc1C1CCN(C(=O)OC(C)(C)C)CC1. The molecule has 2 heterocycles. The van der Waals surface area contributed by atoms with E-state index in [9.17, 15) is 9.90 Å². The molecule has 0 radical (unpaired) electrons. The van der Waals surface area contributed by atoms with Gasteiger partial charge in [0.1, 0.15) is 17.5 Å². The predicted molar refractivity (Wildman–Crippen MR) is 96.4 cm³/mol. The van der Waals surface area contributed by atoms with E-state index in [2.05, 4.69) is 16.5 Å². The van der Waals surface area contributed by atoms with Crippen LogP contribution in [0, 0.1) is 13.8 Å². The minimum Gasteiger partial charge on any atom is -0.444 e. The van der Waals surface area contributed by atoms with Crippen LogP contribution in [0.4, 0.5) is 4.79 Å². The molecule has 6 heteroatoms. The number of amides is 1. The fourth-order valence-electron chi connectivity index (χ4n) is 3.20. The fourth-order valence-corrected chi connectivity index (χ4v) is 3.20. The largest absolute Gasteiger partial charge is 0.444 e. The first-order valence-corrected chi connectivity index (χ1v) is 8.76. The van der Waals surface area contributed by atoms with Gasteiger partial charge in [0.05, 0.1) is 5.69 Å². The number of carbonyl (C=O) groups is 1. The molecule has 1 fully saturated rings. The van der Waals surface area contributed by atoms with Crippen LogP contribution in [0.3, 0.4) is 0 Å². The van der Waals surface area contributed by atoms with E-state index in [0.717, 1.165) is 29.8 Å². The number of likely N-dealkylation sites (tertiary alicyclic amines) is 1. The highest BCUT2D eigenvalue weighted by atomic mass is 16.6. The lowest BCUT2D eigenvalue weighted by Gasteiger charge is -2.34. The van der Waals surface area contributed by atoms with Crippen molar-refractivity contribution in [1.29, 1.82) is 0 Å². The molecule has 1 aliphatic rings. The molecular formula is C19H29N3O3. The number of nitrogens with zero attached hydrogens (tertiary/aromatic N) is 3. The Labute approximate surface area is 149 Å². The number of aliphatic hydroxyl groups excluding tert-OH is 1. The van der Waals surface area contributed by atoms with E-state index < -0.39 is 11.7 Å². The Balaban J connectivity index is 2.15. The molecule has 1 amide bonds. The molecule has 1 aromatic rings. The van der Waals surface area contributed by atoms with Crippen molar-refractivity contribution < 1.29 is 14.6 Å². The minimum absolute atomic E-state index is 0.184. The number of rotatable bonds is 3.